The Bertz CT molecular complexity index is 497. The number of aliphatic hydroxyl groups is 2. The fraction of sp³-hybridized carbons (Fsp3) is 0.895. The first kappa shape index (κ1) is 21.9. The maximum atomic E-state index is 12.1. The Balaban J connectivity index is 3.42. The standard InChI is InChI=1S/C19H34O6/c1-5-6-7-8-10-17(13-16(2,3)4)11-9-12-18(24,14(20)21)19(17,25)15(22)23/h24-25H,5-13H2,1-4H3,(H,20,21)(H,22,23). The topological polar surface area (TPSA) is 115 Å². The van der Waals surface area contributed by atoms with E-state index in [0.29, 0.717) is 32.1 Å². The molecule has 3 atom stereocenters. The smallest absolute Gasteiger partial charge is 0.340 e. The molecule has 0 spiro atoms. The van der Waals surface area contributed by atoms with Crippen molar-refractivity contribution >= 4 is 11.9 Å². The van der Waals surface area contributed by atoms with Crippen LogP contribution in [0, 0.1) is 10.8 Å². The van der Waals surface area contributed by atoms with E-state index in [4.69, 9.17) is 0 Å². The van der Waals surface area contributed by atoms with E-state index in [1.807, 2.05) is 20.8 Å². The van der Waals surface area contributed by atoms with Crippen LogP contribution in [0.4, 0.5) is 0 Å². The molecule has 4 N–H and O–H groups in total. The van der Waals surface area contributed by atoms with Crippen molar-refractivity contribution in [1.29, 1.82) is 0 Å². The van der Waals surface area contributed by atoms with Gasteiger partial charge < -0.3 is 20.4 Å². The molecule has 1 rings (SSSR count). The van der Waals surface area contributed by atoms with E-state index in [1.54, 1.807) is 0 Å². The lowest BCUT2D eigenvalue weighted by molar-refractivity contribution is -0.255. The molecule has 0 aromatic rings. The molecule has 3 unspecified atom stereocenters. The van der Waals surface area contributed by atoms with Crippen LogP contribution in [0.15, 0.2) is 0 Å². The highest BCUT2D eigenvalue weighted by molar-refractivity contribution is 5.92. The molecular formula is C19H34O6. The van der Waals surface area contributed by atoms with Crippen molar-refractivity contribution in [2.45, 2.75) is 96.7 Å². The Labute approximate surface area is 150 Å². The number of carboxylic acids is 2. The first-order valence-electron chi connectivity index (χ1n) is 9.28. The Morgan fingerprint density at radius 3 is 2.00 bits per heavy atom. The van der Waals surface area contributed by atoms with Crippen LogP contribution in [0.3, 0.4) is 0 Å². The van der Waals surface area contributed by atoms with Crippen LogP contribution in [0.25, 0.3) is 0 Å². The normalized spacial score (nSPS) is 33.2. The molecule has 1 aliphatic carbocycles. The molecule has 0 aromatic heterocycles. The number of aliphatic carboxylic acids is 2. The van der Waals surface area contributed by atoms with Gasteiger partial charge in [-0.2, -0.15) is 0 Å². The average molecular weight is 358 g/mol. The lowest BCUT2D eigenvalue weighted by Gasteiger charge is -2.56. The maximum Gasteiger partial charge on any atom is 0.340 e. The molecule has 0 saturated heterocycles. The SMILES string of the molecule is CCCCCCC1(CC(C)(C)C)CCCC(O)(C(=O)O)C1(O)C(=O)O. The molecule has 25 heavy (non-hydrogen) atoms. The zero-order valence-electron chi connectivity index (χ0n) is 16.0. The van der Waals surface area contributed by atoms with E-state index in [-0.39, 0.29) is 11.8 Å². The second-order valence-corrected chi connectivity index (χ2v) is 8.86. The van der Waals surface area contributed by atoms with Crippen LogP contribution >= 0.6 is 0 Å². The summed E-state index contributed by atoms with van der Waals surface area (Å²) >= 11 is 0. The largest absolute Gasteiger partial charge is 0.479 e. The van der Waals surface area contributed by atoms with Crippen molar-refractivity contribution in [3.63, 3.8) is 0 Å². The van der Waals surface area contributed by atoms with Gasteiger partial charge in [0.25, 0.3) is 0 Å². The first-order valence-corrected chi connectivity index (χ1v) is 9.28. The number of hydrogen-bond donors (Lipinski definition) is 4. The van der Waals surface area contributed by atoms with Gasteiger partial charge in [-0.15, -0.1) is 0 Å². The van der Waals surface area contributed by atoms with Crippen molar-refractivity contribution in [3.05, 3.63) is 0 Å². The van der Waals surface area contributed by atoms with Gasteiger partial charge in [-0.25, -0.2) is 9.59 Å². The molecule has 0 aliphatic heterocycles. The lowest BCUT2D eigenvalue weighted by atomic mass is 9.51. The quantitative estimate of drug-likeness (QED) is 0.495. The van der Waals surface area contributed by atoms with E-state index in [0.717, 1.165) is 19.3 Å². The molecule has 0 heterocycles. The van der Waals surface area contributed by atoms with Crippen molar-refractivity contribution in [2.24, 2.45) is 10.8 Å². The zero-order chi connectivity index (χ0) is 19.5. The van der Waals surface area contributed by atoms with Crippen LogP contribution < -0.4 is 0 Å². The molecule has 6 heteroatoms. The van der Waals surface area contributed by atoms with E-state index in [1.165, 1.54) is 0 Å². The number of rotatable bonds is 8. The van der Waals surface area contributed by atoms with Gasteiger partial charge in [0.2, 0.25) is 11.2 Å². The maximum absolute atomic E-state index is 12.1. The molecule has 0 bridgehead atoms. The van der Waals surface area contributed by atoms with Gasteiger partial charge in [0.15, 0.2) is 0 Å². The highest BCUT2D eigenvalue weighted by atomic mass is 16.5. The first-order chi connectivity index (χ1) is 11.4. The second-order valence-electron chi connectivity index (χ2n) is 8.86. The average Bonchev–Trinajstić information content (AvgIpc) is 2.47. The van der Waals surface area contributed by atoms with Crippen LogP contribution in [0.1, 0.15) is 85.5 Å². The predicted molar refractivity (Wildman–Crippen MR) is 94.3 cm³/mol. The Kier molecular flexibility index (Phi) is 6.68. The molecule has 6 nitrogen and oxygen atoms in total. The fourth-order valence-electron chi connectivity index (χ4n) is 4.66. The van der Waals surface area contributed by atoms with Crippen molar-refractivity contribution < 1.29 is 30.0 Å². The fourth-order valence-corrected chi connectivity index (χ4v) is 4.66. The van der Waals surface area contributed by atoms with Crippen LogP contribution in [-0.2, 0) is 9.59 Å². The summed E-state index contributed by atoms with van der Waals surface area (Å²) in [7, 11) is 0. The summed E-state index contributed by atoms with van der Waals surface area (Å²) in [6.07, 6.45) is 4.86. The zero-order valence-corrected chi connectivity index (χ0v) is 16.0. The molecule has 0 radical (unpaired) electrons. The van der Waals surface area contributed by atoms with E-state index in [2.05, 4.69) is 6.92 Å². The van der Waals surface area contributed by atoms with Gasteiger partial charge in [-0.05, 0) is 37.5 Å². The van der Waals surface area contributed by atoms with Crippen LogP contribution in [-0.4, -0.2) is 43.6 Å². The third kappa shape index (κ3) is 4.00. The minimum Gasteiger partial charge on any atom is -0.479 e. The number of carboxylic acid groups (broad SMARTS) is 2. The molecule has 1 fully saturated rings. The van der Waals surface area contributed by atoms with Crippen molar-refractivity contribution in [3.8, 4) is 0 Å². The van der Waals surface area contributed by atoms with Gasteiger partial charge in [0.05, 0.1) is 0 Å². The van der Waals surface area contributed by atoms with Gasteiger partial charge in [0, 0.05) is 5.41 Å². The summed E-state index contributed by atoms with van der Waals surface area (Å²) in [4.78, 5) is 23.9. The molecule has 0 aromatic carbocycles. The molecule has 146 valence electrons. The predicted octanol–water partition coefficient (Wildman–Crippen LogP) is 3.19. The molecule has 1 aliphatic rings. The Hall–Kier alpha value is -1.14. The summed E-state index contributed by atoms with van der Waals surface area (Å²) in [6.45, 7) is 7.90. The van der Waals surface area contributed by atoms with Crippen molar-refractivity contribution in [1.82, 2.24) is 0 Å². The summed E-state index contributed by atoms with van der Waals surface area (Å²) in [6, 6.07) is 0. The van der Waals surface area contributed by atoms with E-state index >= 15 is 0 Å². The van der Waals surface area contributed by atoms with Gasteiger partial charge in [-0.1, -0.05) is 53.4 Å². The highest BCUT2D eigenvalue weighted by Gasteiger charge is 2.72. The lowest BCUT2D eigenvalue weighted by Crippen LogP contribution is -2.73. The summed E-state index contributed by atoms with van der Waals surface area (Å²) in [5.74, 6) is -3.30. The Morgan fingerprint density at radius 1 is 0.960 bits per heavy atom. The Morgan fingerprint density at radius 2 is 1.56 bits per heavy atom. The van der Waals surface area contributed by atoms with E-state index < -0.39 is 28.6 Å². The number of unbranched alkanes of at least 4 members (excludes halogenated alkanes) is 3. The molecule has 0 amide bonds. The van der Waals surface area contributed by atoms with E-state index in [9.17, 15) is 30.0 Å². The third-order valence-electron chi connectivity index (χ3n) is 5.60. The highest BCUT2D eigenvalue weighted by Crippen LogP contribution is 2.57. The van der Waals surface area contributed by atoms with Gasteiger partial charge >= 0.3 is 11.9 Å². The number of hydrogen-bond acceptors (Lipinski definition) is 4. The van der Waals surface area contributed by atoms with Crippen molar-refractivity contribution in [2.75, 3.05) is 0 Å². The van der Waals surface area contributed by atoms with Gasteiger partial charge in [-0.3, -0.25) is 0 Å². The van der Waals surface area contributed by atoms with Crippen LogP contribution in [0.5, 0.6) is 0 Å². The summed E-state index contributed by atoms with van der Waals surface area (Å²) in [5.41, 5.74) is -6.86. The summed E-state index contributed by atoms with van der Waals surface area (Å²) in [5, 5.41) is 41.4. The van der Waals surface area contributed by atoms with Gasteiger partial charge in [0.1, 0.15) is 0 Å². The second kappa shape index (κ2) is 7.62. The molecular weight excluding hydrogens is 324 g/mol. The minimum atomic E-state index is -2.70. The third-order valence-corrected chi connectivity index (χ3v) is 5.60. The monoisotopic (exact) mass is 358 g/mol. The minimum absolute atomic E-state index is 0.258. The molecule has 1 saturated carbocycles. The summed E-state index contributed by atoms with van der Waals surface area (Å²) < 4.78 is 0. The van der Waals surface area contributed by atoms with Crippen LogP contribution in [0.2, 0.25) is 0 Å². The number of carbonyl (C=O) groups is 2.